The largest absolute Gasteiger partial charge is 0.846 e. The van der Waals surface area contributed by atoms with Crippen molar-refractivity contribution in [1.82, 2.24) is 0 Å². The lowest BCUT2D eigenvalue weighted by atomic mass is 10.3. The average molecular weight is 177 g/mol. The molecule has 0 aliphatic rings. The van der Waals surface area contributed by atoms with E-state index in [1.807, 2.05) is 37.3 Å². The lowest BCUT2D eigenvalue weighted by molar-refractivity contribution is -0.218. The number of hydrogen-bond donors (Lipinski definition) is 0. The average Bonchev–Trinajstić information content (AvgIpc) is 2.20. The molecule has 13 heavy (non-hydrogen) atoms. The van der Waals surface area contributed by atoms with E-state index in [1.165, 1.54) is 7.05 Å². The third-order valence-corrected chi connectivity index (χ3v) is 1.81. The van der Waals surface area contributed by atoms with Crippen LogP contribution in [0.3, 0.4) is 0 Å². The first-order valence-corrected chi connectivity index (χ1v) is 4.26. The van der Waals surface area contributed by atoms with Crippen LogP contribution in [0.15, 0.2) is 35.3 Å². The molecule has 0 aromatic heterocycles. The fourth-order valence-corrected chi connectivity index (χ4v) is 1.16. The second-order valence-corrected chi connectivity index (χ2v) is 2.59. The summed E-state index contributed by atoms with van der Waals surface area (Å²) in [6, 6.07) is 9.32. The standard InChI is InChI=1S/C10H14N2O/c1-3-12(10(13)11-2)9-7-5-4-6-8-9/h4-8H,3H2,1-2H3,(H,11,13)/p-1. The Morgan fingerprint density at radius 1 is 1.38 bits per heavy atom. The fourth-order valence-electron chi connectivity index (χ4n) is 1.16. The van der Waals surface area contributed by atoms with E-state index in [-0.39, 0.29) is 6.02 Å². The molecule has 0 N–H and O–H groups in total. The maximum atomic E-state index is 11.3. The zero-order chi connectivity index (χ0) is 9.68. The van der Waals surface area contributed by atoms with E-state index in [9.17, 15) is 5.11 Å². The lowest BCUT2D eigenvalue weighted by Crippen LogP contribution is -2.39. The predicted molar refractivity (Wildman–Crippen MR) is 52.8 cm³/mol. The number of rotatable bonds is 2. The first-order valence-electron chi connectivity index (χ1n) is 4.26. The second-order valence-electron chi connectivity index (χ2n) is 2.59. The molecule has 3 nitrogen and oxygen atoms in total. The normalized spacial score (nSPS) is 11.4. The number of para-hydroxylation sites is 1. The quantitative estimate of drug-likeness (QED) is 0.496. The van der Waals surface area contributed by atoms with E-state index in [2.05, 4.69) is 4.99 Å². The summed E-state index contributed by atoms with van der Waals surface area (Å²) in [5.74, 6) is 0. The van der Waals surface area contributed by atoms with Gasteiger partial charge in [-0.15, -0.1) is 0 Å². The lowest BCUT2D eigenvalue weighted by Gasteiger charge is -2.27. The molecule has 0 bridgehead atoms. The van der Waals surface area contributed by atoms with E-state index >= 15 is 0 Å². The summed E-state index contributed by atoms with van der Waals surface area (Å²) in [6.07, 6.45) is 0. The van der Waals surface area contributed by atoms with Crippen molar-refractivity contribution in [2.45, 2.75) is 6.92 Å². The fraction of sp³-hybridized carbons (Fsp3) is 0.300. The molecule has 0 heterocycles. The number of benzene rings is 1. The summed E-state index contributed by atoms with van der Waals surface area (Å²) >= 11 is 0. The Kier molecular flexibility index (Phi) is 3.31. The second kappa shape index (κ2) is 4.50. The summed E-state index contributed by atoms with van der Waals surface area (Å²) in [5.41, 5.74) is 0.889. The van der Waals surface area contributed by atoms with Crippen LogP contribution in [0, 0.1) is 0 Å². The molecular weight excluding hydrogens is 164 g/mol. The predicted octanol–water partition coefficient (Wildman–Crippen LogP) is 0.859. The monoisotopic (exact) mass is 177 g/mol. The van der Waals surface area contributed by atoms with Gasteiger partial charge in [0.1, 0.15) is 0 Å². The summed E-state index contributed by atoms with van der Waals surface area (Å²) in [6.45, 7) is 2.57. The van der Waals surface area contributed by atoms with Gasteiger partial charge in [-0.2, -0.15) is 0 Å². The zero-order valence-corrected chi connectivity index (χ0v) is 7.90. The Labute approximate surface area is 78.3 Å². The van der Waals surface area contributed by atoms with Crippen LogP contribution in [-0.2, 0) is 0 Å². The Morgan fingerprint density at radius 2 is 2.00 bits per heavy atom. The van der Waals surface area contributed by atoms with Gasteiger partial charge in [-0.3, -0.25) is 4.99 Å². The van der Waals surface area contributed by atoms with Crippen molar-refractivity contribution < 1.29 is 5.11 Å². The Hall–Kier alpha value is -1.51. The van der Waals surface area contributed by atoms with Gasteiger partial charge in [0, 0.05) is 19.3 Å². The Bertz CT molecular complexity index is 282. The van der Waals surface area contributed by atoms with Crippen molar-refractivity contribution in [2.24, 2.45) is 4.99 Å². The molecule has 0 amide bonds. The first-order chi connectivity index (χ1) is 6.29. The van der Waals surface area contributed by atoms with Gasteiger partial charge in [0.15, 0.2) is 0 Å². The molecule has 3 heteroatoms. The molecule has 1 aromatic rings. The molecule has 0 atom stereocenters. The maximum Gasteiger partial charge on any atom is 0.0541 e. The molecular formula is C10H13N2O-. The van der Waals surface area contributed by atoms with Crippen LogP contribution in [0.25, 0.3) is 0 Å². The number of hydrogen-bond acceptors (Lipinski definition) is 2. The highest BCUT2D eigenvalue weighted by Crippen LogP contribution is 2.11. The summed E-state index contributed by atoms with van der Waals surface area (Å²) < 4.78 is 0. The van der Waals surface area contributed by atoms with Gasteiger partial charge >= 0.3 is 0 Å². The van der Waals surface area contributed by atoms with Gasteiger partial charge in [0.05, 0.1) is 6.02 Å². The highest BCUT2D eigenvalue weighted by atomic mass is 16.3. The highest BCUT2D eigenvalue weighted by Gasteiger charge is 2.01. The first kappa shape index (κ1) is 9.58. The van der Waals surface area contributed by atoms with E-state index in [1.54, 1.807) is 4.90 Å². The zero-order valence-electron chi connectivity index (χ0n) is 7.90. The van der Waals surface area contributed by atoms with Crippen molar-refractivity contribution in [2.75, 3.05) is 18.5 Å². The molecule has 70 valence electrons. The number of amidine groups is 1. The topological polar surface area (TPSA) is 38.7 Å². The minimum Gasteiger partial charge on any atom is -0.846 e. The van der Waals surface area contributed by atoms with Crippen molar-refractivity contribution in [1.29, 1.82) is 0 Å². The van der Waals surface area contributed by atoms with E-state index in [0.717, 1.165) is 5.69 Å². The molecule has 0 radical (unpaired) electrons. The van der Waals surface area contributed by atoms with Crippen LogP contribution < -0.4 is 10.0 Å². The van der Waals surface area contributed by atoms with Crippen LogP contribution in [-0.4, -0.2) is 19.6 Å². The Morgan fingerprint density at radius 3 is 2.46 bits per heavy atom. The van der Waals surface area contributed by atoms with E-state index < -0.39 is 0 Å². The molecule has 0 spiro atoms. The summed E-state index contributed by atoms with van der Waals surface area (Å²) in [7, 11) is 1.51. The molecule has 0 unspecified atom stereocenters. The van der Waals surface area contributed by atoms with Crippen LogP contribution in [0.5, 0.6) is 0 Å². The minimum absolute atomic E-state index is 0.200. The third kappa shape index (κ3) is 2.21. The van der Waals surface area contributed by atoms with Crippen molar-refractivity contribution in [3.05, 3.63) is 30.3 Å². The summed E-state index contributed by atoms with van der Waals surface area (Å²) in [5, 5.41) is 11.3. The number of aliphatic imine (C=N–C) groups is 1. The SMILES string of the molecule is CCN(C([O-])=NC)c1ccccc1. The maximum absolute atomic E-state index is 11.3. The molecule has 0 aliphatic carbocycles. The summed E-state index contributed by atoms with van der Waals surface area (Å²) in [4.78, 5) is 5.25. The number of nitrogens with zero attached hydrogens (tertiary/aromatic N) is 2. The van der Waals surface area contributed by atoms with Gasteiger partial charge in [0.25, 0.3) is 0 Å². The smallest absolute Gasteiger partial charge is 0.0541 e. The van der Waals surface area contributed by atoms with Gasteiger partial charge in [-0.1, -0.05) is 18.2 Å². The highest BCUT2D eigenvalue weighted by molar-refractivity contribution is 5.88. The molecule has 0 aliphatic heterocycles. The van der Waals surface area contributed by atoms with Crippen molar-refractivity contribution >= 4 is 11.7 Å². The molecule has 0 saturated heterocycles. The molecule has 0 saturated carbocycles. The van der Waals surface area contributed by atoms with Crippen molar-refractivity contribution in [3.8, 4) is 0 Å². The van der Waals surface area contributed by atoms with Gasteiger partial charge in [-0.05, 0) is 19.1 Å². The minimum atomic E-state index is -0.200. The third-order valence-electron chi connectivity index (χ3n) is 1.81. The van der Waals surface area contributed by atoms with Gasteiger partial charge in [-0.25, -0.2) is 0 Å². The van der Waals surface area contributed by atoms with Crippen molar-refractivity contribution in [3.63, 3.8) is 0 Å². The Balaban J connectivity index is 2.91. The van der Waals surface area contributed by atoms with Crippen LogP contribution in [0.1, 0.15) is 6.92 Å². The van der Waals surface area contributed by atoms with E-state index in [0.29, 0.717) is 6.54 Å². The number of anilines is 1. The molecule has 1 rings (SSSR count). The van der Waals surface area contributed by atoms with Gasteiger partial charge < -0.3 is 10.0 Å². The van der Waals surface area contributed by atoms with Crippen LogP contribution in [0.2, 0.25) is 0 Å². The van der Waals surface area contributed by atoms with Gasteiger partial charge in [0.2, 0.25) is 0 Å². The van der Waals surface area contributed by atoms with Crippen LogP contribution in [0.4, 0.5) is 5.69 Å². The molecule has 1 aromatic carbocycles. The van der Waals surface area contributed by atoms with E-state index in [4.69, 9.17) is 0 Å². The van der Waals surface area contributed by atoms with Crippen LogP contribution >= 0.6 is 0 Å². The molecule has 0 fully saturated rings.